The van der Waals surface area contributed by atoms with Crippen molar-refractivity contribution >= 4 is 11.7 Å². The third-order valence-corrected chi connectivity index (χ3v) is 3.59. The maximum Gasteiger partial charge on any atom is 0.296 e. The molecular weight excluding hydrogens is 294 g/mol. The van der Waals surface area contributed by atoms with E-state index in [1.54, 1.807) is 50.5 Å². The van der Waals surface area contributed by atoms with Gasteiger partial charge in [0, 0.05) is 19.8 Å². The van der Waals surface area contributed by atoms with E-state index in [1.807, 2.05) is 0 Å². The molecule has 1 aromatic heterocycles. The fourth-order valence-electron chi connectivity index (χ4n) is 2.21. The molecular formula is C17H17N3O3. The minimum Gasteiger partial charge on any atom is -0.495 e. The van der Waals surface area contributed by atoms with Gasteiger partial charge in [0.1, 0.15) is 17.4 Å². The van der Waals surface area contributed by atoms with Crippen LogP contribution in [0.4, 0.5) is 0 Å². The maximum absolute atomic E-state index is 12.4. The number of likely N-dealkylation sites (N-methyl/N-ethyl adjacent to an activating group) is 1. The molecule has 6 heteroatoms. The Morgan fingerprint density at radius 1 is 1.30 bits per heavy atom. The number of nitriles is 1. The highest BCUT2D eigenvalue weighted by molar-refractivity contribution is 6.42. The average molecular weight is 311 g/mol. The first-order valence-corrected chi connectivity index (χ1v) is 7.09. The summed E-state index contributed by atoms with van der Waals surface area (Å²) in [6, 6.07) is 10.4. The molecule has 0 N–H and O–H groups in total. The SMILES string of the molecule is CCN(C)C(=O)C(=O)c1cccn1-c1cccc(OC)c1C#N. The van der Waals surface area contributed by atoms with Crippen molar-refractivity contribution in [3.05, 3.63) is 47.8 Å². The van der Waals surface area contributed by atoms with Crippen LogP contribution >= 0.6 is 0 Å². The monoisotopic (exact) mass is 311 g/mol. The van der Waals surface area contributed by atoms with Crippen LogP contribution in [0.15, 0.2) is 36.5 Å². The van der Waals surface area contributed by atoms with Gasteiger partial charge in [-0.05, 0) is 31.2 Å². The van der Waals surface area contributed by atoms with E-state index in [9.17, 15) is 14.9 Å². The Bertz CT molecular complexity index is 787. The van der Waals surface area contributed by atoms with Crippen molar-refractivity contribution in [2.45, 2.75) is 6.92 Å². The molecule has 0 bridgehead atoms. The average Bonchev–Trinajstić information content (AvgIpc) is 3.08. The van der Waals surface area contributed by atoms with Crippen molar-refractivity contribution in [2.24, 2.45) is 0 Å². The molecule has 0 atom stereocenters. The van der Waals surface area contributed by atoms with Gasteiger partial charge < -0.3 is 14.2 Å². The van der Waals surface area contributed by atoms with Gasteiger partial charge in [-0.3, -0.25) is 9.59 Å². The molecule has 0 spiro atoms. The first-order chi connectivity index (χ1) is 11.0. The topological polar surface area (TPSA) is 75.3 Å². The van der Waals surface area contributed by atoms with E-state index in [1.165, 1.54) is 16.6 Å². The number of ketones is 1. The van der Waals surface area contributed by atoms with Gasteiger partial charge in [0.25, 0.3) is 11.7 Å². The van der Waals surface area contributed by atoms with Crippen LogP contribution in [0.1, 0.15) is 23.0 Å². The number of nitrogens with zero attached hydrogens (tertiary/aromatic N) is 3. The zero-order valence-corrected chi connectivity index (χ0v) is 13.2. The first-order valence-electron chi connectivity index (χ1n) is 7.09. The number of amides is 1. The van der Waals surface area contributed by atoms with Crippen molar-refractivity contribution in [3.63, 3.8) is 0 Å². The Labute approximate surface area is 134 Å². The van der Waals surface area contributed by atoms with E-state index < -0.39 is 11.7 Å². The summed E-state index contributed by atoms with van der Waals surface area (Å²) in [5, 5.41) is 9.39. The number of carbonyl (C=O) groups is 2. The summed E-state index contributed by atoms with van der Waals surface area (Å²) >= 11 is 0. The molecule has 0 aliphatic heterocycles. The number of hydrogen-bond donors (Lipinski definition) is 0. The minimum atomic E-state index is -0.619. The van der Waals surface area contributed by atoms with Gasteiger partial charge in [0.05, 0.1) is 18.5 Å². The summed E-state index contributed by atoms with van der Waals surface area (Å²) in [5.74, 6) is -0.797. The highest BCUT2D eigenvalue weighted by atomic mass is 16.5. The molecule has 2 aromatic rings. The van der Waals surface area contributed by atoms with Gasteiger partial charge >= 0.3 is 0 Å². The van der Waals surface area contributed by atoms with Gasteiger partial charge in [0.2, 0.25) is 0 Å². The molecule has 0 aliphatic rings. The van der Waals surface area contributed by atoms with Crippen LogP contribution in [0, 0.1) is 11.3 Å². The van der Waals surface area contributed by atoms with Crippen LogP contribution < -0.4 is 4.74 Å². The lowest BCUT2D eigenvalue weighted by Crippen LogP contribution is -2.34. The number of hydrogen-bond acceptors (Lipinski definition) is 4. The number of methoxy groups -OCH3 is 1. The van der Waals surface area contributed by atoms with E-state index in [0.29, 0.717) is 23.5 Å². The Kier molecular flexibility index (Phi) is 4.82. The fraction of sp³-hybridized carbons (Fsp3) is 0.235. The Hall–Kier alpha value is -3.07. The molecule has 6 nitrogen and oxygen atoms in total. The summed E-state index contributed by atoms with van der Waals surface area (Å²) in [4.78, 5) is 25.9. The van der Waals surface area contributed by atoms with Crippen molar-refractivity contribution in [2.75, 3.05) is 20.7 Å². The van der Waals surface area contributed by atoms with E-state index in [-0.39, 0.29) is 5.69 Å². The minimum absolute atomic E-state index is 0.208. The third-order valence-electron chi connectivity index (χ3n) is 3.59. The van der Waals surface area contributed by atoms with Crippen LogP contribution in [0.2, 0.25) is 0 Å². The molecule has 0 saturated heterocycles. The van der Waals surface area contributed by atoms with Crippen molar-refractivity contribution in [3.8, 4) is 17.5 Å². The lowest BCUT2D eigenvalue weighted by atomic mass is 10.1. The molecule has 118 valence electrons. The highest BCUT2D eigenvalue weighted by Crippen LogP contribution is 2.26. The number of benzene rings is 1. The fourth-order valence-corrected chi connectivity index (χ4v) is 2.21. The smallest absolute Gasteiger partial charge is 0.296 e. The maximum atomic E-state index is 12.4. The lowest BCUT2D eigenvalue weighted by Gasteiger charge is -2.15. The molecule has 0 radical (unpaired) electrons. The van der Waals surface area contributed by atoms with Crippen LogP contribution in [-0.2, 0) is 4.79 Å². The second-order valence-electron chi connectivity index (χ2n) is 4.88. The molecule has 0 aliphatic carbocycles. The molecule has 23 heavy (non-hydrogen) atoms. The number of rotatable bonds is 5. The predicted molar refractivity (Wildman–Crippen MR) is 84.7 cm³/mol. The molecule has 1 heterocycles. The highest BCUT2D eigenvalue weighted by Gasteiger charge is 2.24. The van der Waals surface area contributed by atoms with E-state index >= 15 is 0 Å². The van der Waals surface area contributed by atoms with E-state index in [4.69, 9.17) is 4.74 Å². The number of Topliss-reactive ketones (excluding diaryl/α,β-unsaturated/α-hetero) is 1. The summed E-state index contributed by atoms with van der Waals surface area (Å²) in [6.45, 7) is 2.23. The zero-order valence-electron chi connectivity index (χ0n) is 13.2. The van der Waals surface area contributed by atoms with Crippen molar-refractivity contribution in [1.29, 1.82) is 5.26 Å². The van der Waals surface area contributed by atoms with Gasteiger partial charge in [0.15, 0.2) is 0 Å². The Morgan fingerprint density at radius 2 is 2.04 bits per heavy atom. The summed E-state index contributed by atoms with van der Waals surface area (Å²) in [7, 11) is 3.04. The van der Waals surface area contributed by atoms with Crippen LogP contribution in [0.25, 0.3) is 5.69 Å². The van der Waals surface area contributed by atoms with E-state index in [2.05, 4.69) is 6.07 Å². The predicted octanol–water partition coefficient (Wildman–Crippen LogP) is 2.02. The van der Waals surface area contributed by atoms with Gasteiger partial charge in [-0.25, -0.2) is 0 Å². The summed E-state index contributed by atoms with van der Waals surface area (Å²) in [5.41, 5.74) is 1.00. The molecule has 1 aromatic carbocycles. The van der Waals surface area contributed by atoms with Gasteiger partial charge in [-0.1, -0.05) is 6.07 Å². The lowest BCUT2D eigenvalue weighted by molar-refractivity contribution is -0.125. The van der Waals surface area contributed by atoms with Gasteiger partial charge in [-0.2, -0.15) is 5.26 Å². The van der Waals surface area contributed by atoms with Crippen LogP contribution in [0.3, 0.4) is 0 Å². The second-order valence-corrected chi connectivity index (χ2v) is 4.88. The number of carbonyl (C=O) groups excluding carboxylic acids is 2. The van der Waals surface area contributed by atoms with Gasteiger partial charge in [-0.15, -0.1) is 0 Å². The summed E-state index contributed by atoms with van der Waals surface area (Å²) < 4.78 is 6.71. The third kappa shape index (κ3) is 2.94. The molecule has 0 unspecified atom stereocenters. The standard InChI is InChI=1S/C17H17N3O3/c1-4-19(2)17(22)16(21)14-8-6-10-20(14)13-7-5-9-15(23-3)12(13)11-18/h5-10H,4H2,1-3H3. The zero-order chi connectivity index (χ0) is 17.0. The quantitative estimate of drug-likeness (QED) is 0.625. The normalized spacial score (nSPS) is 10.0. The number of ether oxygens (including phenoxy) is 1. The molecule has 2 rings (SSSR count). The van der Waals surface area contributed by atoms with E-state index in [0.717, 1.165) is 0 Å². The Balaban J connectivity index is 2.54. The second kappa shape index (κ2) is 6.79. The molecule has 0 fully saturated rings. The first kappa shape index (κ1) is 16.3. The van der Waals surface area contributed by atoms with Crippen molar-refractivity contribution in [1.82, 2.24) is 9.47 Å². The molecule has 1 amide bonds. The summed E-state index contributed by atoms with van der Waals surface area (Å²) in [6.07, 6.45) is 1.64. The Morgan fingerprint density at radius 3 is 2.65 bits per heavy atom. The number of aromatic nitrogens is 1. The van der Waals surface area contributed by atoms with Crippen LogP contribution in [0.5, 0.6) is 5.75 Å². The van der Waals surface area contributed by atoms with Crippen LogP contribution in [-0.4, -0.2) is 41.9 Å². The molecule has 0 saturated carbocycles. The largest absolute Gasteiger partial charge is 0.495 e. The van der Waals surface area contributed by atoms with Crippen molar-refractivity contribution < 1.29 is 14.3 Å².